The predicted octanol–water partition coefficient (Wildman–Crippen LogP) is 3.37. The second-order valence-corrected chi connectivity index (χ2v) is 8.80. The number of amides is 2. The second-order valence-electron chi connectivity index (χ2n) is 6.51. The van der Waals surface area contributed by atoms with Crippen molar-refractivity contribution < 1.29 is 18.4 Å². The van der Waals surface area contributed by atoms with Crippen molar-refractivity contribution in [3.8, 4) is 11.1 Å². The first-order valence-electron chi connectivity index (χ1n) is 8.87. The molecular formula is C19H12FN5O3S2. The maximum absolute atomic E-state index is 13.0. The molecule has 2 amide bonds. The van der Waals surface area contributed by atoms with Crippen LogP contribution in [0.25, 0.3) is 21.3 Å². The average Bonchev–Trinajstić information content (AvgIpc) is 3.41. The van der Waals surface area contributed by atoms with E-state index in [0.717, 1.165) is 38.1 Å². The molecule has 1 atom stereocenters. The summed E-state index contributed by atoms with van der Waals surface area (Å²) in [6, 6.07) is 8.81. The lowest BCUT2D eigenvalue weighted by molar-refractivity contribution is -0.119. The third kappa shape index (κ3) is 3.81. The van der Waals surface area contributed by atoms with Gasteiger partial charge in [0.25, 0.3) is 5.24 Å². The van der Waals surface area contributed by atoms with Crippen molar-refractivity contribution in [3.05, 3.63) is 59.3 Å². The zero-order valence-electron chi connectivity index (χ0n) is 15.2. The van der Waals surface area contributed by atoms with Crippen LogP contribution in [0.2, 0.25) is 0 Å². The van der Waals surface area contributed by atoms with E-state index in [1.807, 2.05) is 18.2 Å². The van der Waals surface area contributed by atoms with E-state index in [1.165, 1.54) is 23.6 Å². The second kappa shape index (κ2) is 7.58. The van der Waals surface area contributed by atoms with Crippen molar-refractivity contribution in [2.75, 3.05) is 0 Å². The molecule has 0 aliphatic carbocycles. The molecule has 0 radical (unpaired) electrons. The number of thiazole rings is 1. The van der Waals surface area contributed by atoms with Crippen LogP contribution in [0.3, 0.4) is 0 Å². The Bertz CT molecular complexity index is 1270. The van der Waals surface area contributed by atoms with Crippen molar-refractivity contribution in [1.29, 1.82) is 0 Å². The van der Waals surface area contributed by atoms with Crippen LogP contribution in [-0.2, 0) is 17.6 Å². The molecule has 0 bridgehead atoms. The summed E-state index contributed by atoms with van der Waals surface area (Å²) >= 11 is 2.42. The number of aromatic nitrogens is 4. The molecule has 4 heterocycles. The van der Waals surface area contributed by atoms with Crippen LogP contribution in [0.4, 0.5) is 9.18 Å². The first-order valence-corrected chi connectivity index (χ1v) is 10.6. The number of hydrogen-bond donors (Lipinski definition) is 1. The number of nitrogens with zero attached hydrogens (tertiary/aromatic N) is 4. The van der Waals surface area contributed by atoms with Gasteiger partial charge in [-0.3, -0.25) is 14.9 Å². The maximum atomic E-state index is 13.0. The average molecular weight is 441 g/mol. The van der Waals surface area contributed by atoms with E-state index in [4.69, 9.17) is 4.42 Å². The van der Waals surface area contributed by atoms with E-state index >= 15 is 0 Å². The summed E-state index contributed by atoms with van der Waals surface area (Å²) in [5.74, 6) is -0.165. The molecule has 1 aliphatic heterocycles. The Kier molecular flexibility index (Phi) is 4.75. The van der Waals surface area contributed by atoms with Gasteiger partial charge in [-0.2, -0.15) is 4.39 Å². The lowest BCUT2D eigenvalue weighted by atomic mass is 10.1. The number of hydrogen-bond acceptors (Lipinski definition) is 9. The van der Waals surface area contributed by atoms with Crippen molar-refractivity contribution in [3.63, 3.8) is 0 Å². The number of carbonyl (C=O) groups is 2. The van der Waals surface area contributed by atoms with Crippen molar-refractivity contribution in [2.45, 2.75) is 18.1 Å². The zero-order chi connectivity index (χ0) is 20.7. The number of imide groups is 1. The summed E-state index contributed by atoms with van der Waals surface area (Å²) < 4.78 is 19.6. The number of rotatable bonds is 5. The molecule has 3 aromatic heterocycles. The van der Waals surface area contributed by atoms with Gasteiger partial charge in [0.1, 0.15) is 10.3 Å². The van der Waals surface area contributed by atoms with Gasteiger partial charge < -0.3 is 4.42 Å². The van der Waals surface area contributed by atoms with E-state index in [2.05, 4.69) is 25.5 Å². The van der Waals surface area contributed by atoms with E-state index in [1.54, 1.807) is 6.07 Å². The highest BCUT2D eigenvalue weighted by Gasteiger charge is 2.33. The number of nitrogens with one attached hydrogen (secondary N) is 1. The lowest BCUT2D eigenvalue weighted by Crippen LogP contribution is -2.25. The van der Waals surface area contributed by atoms with Crippen LogP contribution >= 0.6 is 23.1 Å². The fourth-order valence-corrected chi connectivity index (χ4v) is 4.84. The predicted molar refractivity (Wildman–Crippen MR) is 109 cm³/mol. The molecule has 30 heavy (non-hydrogen) atoms. The van der Waals surface area contributed by atoms with Crippen LogP contribution < -0.4 is 5.32 Å². The van der Waals surface area contributed by atoms with E-state index < -0.39 is 11.2 Å². The minimum absolute atomic E-state index is 0.199. The number of benzene rings is 1. The number of carbonyl (C=O) groups excluding carboxylic acids is 2. The highest BCUT2D eigenvalue weighted by molar-refractivity contribution is 8.15. The molecule has 0 saturated carbocycles. The Balaban J connectivity index is 1.32. The van der Waals surface area contributed by atoms with Crippen LogP contribution in [0.5, 0.6) is 0 Å². The van der Waals surface area contributed by atoms with Crippen LogP contribution in [-0.4, -0.2) is 36.6 Å². The number of fused-ring (bicyclic) bond motifs is 1. The van der Waals surface area contributed by atoms with Gasteiger partial charge >= 0.3 is 0 Å². The standard InChI is InChI=1S/C19H12FN5O3S2/c20-14-4-2-10(8-21-14)9-1-3-11-12(5-9)29-17(22-11)7-16-25-24-15(28-16)6-13-18(26)23-19(27)30-13/h1-5,8,13H,6-7H2,(H,23,26,27). The van der Waals surface area contributed by atoms with E-state index in [9.17, 15) is 14.0 Å². The number of pyridine rings is 1. The number of thioether (sulfide) groups is 1. The van der Waals surface area contributed by atoms with E-state index in [0.29, 0.717) is 18.2 Å². The van der Waals surface area contributed by atoms with Gasteiger partial charge in [0.05, 0.1) is 16.6 Å². The summed E-state index contributed by atoms with van der Waals surface area (Å²) in [4.78, 5) is 31.2. The minimum Gasteiger partial charge on any atom is -0.425 e. The van der Waals surface area contributed by atoms with Gasteiger partial charge in [-0.05, 0) is 29.8 Å². The van der Waals surface area contributed by atoms with Gasteiger partial charge in [0, 0.05) is 18.2 Å². The largest absolute Gasteiger partial charge is 0.425 e. The first-order chi connectivity index (χ1) is 14.5. The zero-order valence-corrected chi connectivity index (χ0v) is 16.8. The molecular weight excluding hydrogens is 429 g/mol. The Labute approximate surface area is 176 Å². The summed E-state index contributed by atoms with van der Waals surface area (Å²) in [5.41, 5.74) is 2.58. The maximum Gasteiger partial charge on any atom is 0.286 e. The molecule has 11 heteroatoms. The van der Waals surface area contributed by atoms with Crippen molar-refractivity contribution in [1.82, 2.24) is 25.5 Å². The van der Waals surface area contributed by atoms with Crippen LogP contribution in [0.15, 0.2) is 40.9 Å². The van der Waals surface area contributed by atoms with Crippen LogP contribution in [0, 0.1) is 5.95 Å². The van der Waals surface area contributed by atoms with Crippen molar-refractivity contribution >= 4 is 44.5 Å². The molecule has 150 valence electrons. The molecule has 8 nitrogen and oxygen atoms in total. The summed E-state index contributed by atoms with van der Waals surface area (Å²) in [6.45, 7) is 0. The Morgan fingerprint density at radius 1 is 1.10 bits per heavy atom. The van der Waals surface area contributed by atoms with Crippen LogP contribution in [0.1, 0.15) is 16.8 Å². The number of halogens is 1. The quantitative estimate of drug-likeness (QED) is 0.469. The van der Waals surface area contributed by atoms with Gasteiger partial charge in [-0.25, -0.2) is 9.97 Å². The smallest absolute Gasteiger partial charge is 0.286 e. The monoisotopic (exact) mass is 441 g/mol. The molecule has 1 fully saturated rings. The minimum atomic E-state index is -0.548. The highest BCUT2D eigenvalue weighted by atomic mass is 32.2. The van der Waals surface area contributed by atoms with Gasteiger partial charge in [0.15, 0.2) is 0 Å². The molecule has 1 aromatic carbocycles. The molecule has 1 aliphatic rings. The van der Waals surface area contributed by atoms with Gasteiger partial charge in [-0.15, -0.1) is 21.5 Å². The molecule has 0 spiro atoms. The van der Waals surface area contributed by atoms with Gasteiger partial charge in [-0.1, -0.05) is 17.8 Å². The highest BCUT2D eigenvalue weighted by Crippen LogP contribution is 2.29. The molecule has 5 rings (SSSR count). The van der Waals surface area contributed by atoms with Crippen molar-refractivity contribution in [2.24, 2.45) is 0 Å². The third-order valence-corrected chi connectivity index (χ3v) is 6.43. The third-order valence-electron chi connectivity index (χ3n) is 4.43. The normalized spacial score (nSPS) is 16.4. The first kappa shape index (κ1) is 18.8. The molecule has 1 N–H and O–H groups in total. The fraction of sp³-hybridized carbons (Fsp3) is 0.158. The van der Waals surface area contributed by atoms with E-state index in [-0.39, 0.29) is 17.6 Å². The molecule has 1 unspecified atom stereocenters. The summed E-state index contributed by atoms with van der Waals surface area (Å²) in [7, 11) is 0. The Morgan fingerprint density at radius 3 is 2.70 bits per heavy atom. The lowest BCUT2D eigenvalue weighted by Gasteiger charge is -2.00. The summed E-state index contributed by atoms with van der Waals surface area (Å²) in [5, 5.41) is 10.1. The Morgan fingerprint density at radius 2 is 1.93 bits per heavy atom. The summed E-state index contributed by atoms with van der Waals surface area (Å²) in [6.07, 6.45) is 2.06. The molecule has 4 aromatic rings. The SMILES string of the molecule is O=C1NC(=O)C(Cc2nnc(Cc3nc4ccc(-c5ccc(F)nc5)cc4s3)o2)S1. The topological polar surface area (TPSA) is 111 Å². The van der Waals surface area contributed by atoms with Gasteiger partial charge in [0.2, 0.25) is 23.6 Å². The molecule has 1 saturated heterocycles. The fourth-order valence-electron chi connectivity index (χ4n) is 3.03. The Hall–Kier alpha value is -3.18.